The Balaban J connectivity index is 2.67. The van der Waals surface area contributed by atoms with Crippen LogP contribution < -0.4 is 5.32 Å². The Morgan fingerprint density at radius 3 is 2.55 bits per heavy atom. The number of carbonyl (C=O) groups excluding carboxylic acids is 1. The maximum Gasteiger partial charge on any atom is 0.248 e. The van der Waals surface area contributed by atoms with Crippen molar-refractivity contribution in [1.82, 2.24) is 14.8 Å². The van der Waals surface area contributed by atoms with E-state index in [1.807, 2.05) is 6.92 Å². The van der Waals surface area contributed by atoms with Crippen LogP contribution in [0.1, 0.15) is 31.2 Å². The van der Waals surface area contributed by atoms with Crippen LogP contribution in [0.2, 0.25) is 0 Å². The zero-order chi connectivity index (χ0) is 15.3. The first kappa shape index (κ1) is 16.6. The molecule has 0 aliphatic carbocycles. The molecule has 7 nitrogen and oxygen atoms in total. The van der Waals surface area contributed by atoms with Gasteiger partial charge in [-0.3, -0.25) is 4.79 Å². The maximum atomic E-state index is 12.3. The van der Waals surface area contributed by atoms with Gasteiger partial charge in [-0.05, 0) is 20.3 Å². The summed E-state index contributed by atoms with van der Waals surface area (Å²) in [7, 11) is -2.18. The fourth-order valence-electron chi connectivity index (χ4n) is 1.79. The van der Waals surface area contributed by atoms with E-state index in [9.17, 15) is 13.2 Å². The number of nitrogens with one attached hydrogen (secondary N) is 1. The molecule has 1 aromatic rings. The number of nitrogens with zero attached hydrogens (tertiary/aromatic N) is 2. The summed E-state index contributed by atoms with van der Waals surface area (Å²) < 4.78 is 30.8. The molecule has 1 aromatic heterocycles. The molecule has 0 saturated carbocycles. The molecular weight excluding hydrogens is 282 g/mol. The summed E-state index contributed by atoms with van der Waals surface area (Å²) in [6, 6.07) is 0. The third-order valence-corrected chi connectivity index (χ3v) is 4.96. The van der Waals surface area contributed by atoms with Crippen LogP contribution in [-0.2, 0) is 14.8 Å². The Labute approximate surface area is 119 Å². The molecule has 8 heteroatoms. The Hall–Kier alpha value is -1.41. The number of likely N-dealkylation sites (N-methyl/N-ethyl adjacent to an activating group) is 1. The van der Waals surface area contributed by atoms with Gasteiger partial charge in [0.25, 0.3) is 0 Å². The molecule has 0 spiro atoms. The van der Waals surface area contributed by atoms with Gasteiger partial charge in [0, 0.05) is 26.6 Å². The minimum atomic E-state index is -3.64. The summed E-state index contributed by atoms with van der Waals surface area (Å²) in [5.41, 5.74) is 0.337. The number of rotatable bonds is 7. The van der Waals surface area contributed by atoms with Crippen LogP contribution in [0.4, 0.5) is 0 Å². The van der Waals surface area contributed by atoms with E-state index in [1.165, 1.54) is 11.4 Å². The van der Waals surface area contributed by atoms with Crippen molar-refractivity contribution in [1.29, 1.82) is 0 Å². The SMILES string of the molecule is CCCC(=O)NCCN(C)S(=O)(=O)c1c(C)noc1C. The molecule has 0 fully saturated rings. The predicted molar refractivity (Wildman–Crippen MR) is 73.7 cm³/mol. The van der Waals surface area contributed by atoms with E-state index in [-0.39, 0.29) is 29.7 Å². The molecule has 0 radical (unpaired) electrons. The van der Waals surface area contributed by atoms with Crippen LogP contribution in [-0.4, -0.2) is 43.9 Å². The van der Waals surface area contributed by atoms with E-state index in [2.05, 4.69) is 10.5 Å². The topological polar surface area (TPSA) is 92.5 Å². The van der Waals surface area contributed by atoms with Crippen molar-refractivity contribution in [3.8, 4) is 0 Å². The molecule has 0 atom stereocenters. The molecule has 0 aliphatic heterocycles. The number of hydrogen-bond acceptors (Lipinski definition) is 5. The van der Waals surface area contributed by atoms with Crippen molar-refractivity contribution in [3.05, 3.63) is 11.5 Å². The molecule has 0 saturated heterocycles. The van der Waals surface area contributed by atoms with E-state index >= 15 is 0 Å². The highest BCUT2D eigenvalue weighted by Crippen LogP contribution is 2.21. The molecule has 0 aliphatic rings. The van der Waals surface area contributed by atoms with Gasteiger partial charge in [0.1, 0.15) is 10.6 Å². The number of aromatic nitrogens is 1. The quantitative estimate of drug-likeness (QED) is 0.805. The summed E-state index contributed by atoms with van der Waals surface area (Å²) in [5.74, 6) is 0.194. The fourth-order valence-corrected chi connectivity index (χ4v) is 3.24. The number of carbonyl (C=O) groups is 1. The molecule has 0 unspecified atom stereocenters. The number of amides is 1. The summed E-state index contributed by atoms with van der Waals surface area (Å²) >= 11 is 0. The average Bonchev–Trinajstić information content (AvgIpc) is 2.69. The lowest BCUT2D eigenvalue weighted by Crippen LogP contribution is -2.36. The third-order valence-electron chi connectivity index (χ3n) is 2.86. The first-order valence-corrected chi connectivity index (χ1v) is 7.90. The fraction of sp³-hybridized carbons (Fsp3) is 0.667. The summed E-state index contributed by atoms with van der Waals surface area (Å²) in [6.07, 6.45) is 1.21. The first-order valence-electron chi connectivity index (χ1n) is 6.46. The van der Waals surface area contributed by atoms with Crippen LogP contribution >= 0.6 is 0 Å². The monoisotopic (exact) mass is 303 g/mol. The van der Waals surface area contributed by atoms with E-state index in [4.69, 9.17) is 4.52 Å². The molecule has 1 rings (SSSR count). The Morgan fingerprint density at radius 2 is 2.05 bits per heavy atom. The van der Waals surface area contributed by atoms with Gasteiger partial charge >= 0.3 is 0 Å². The van der Waals surface area contributed by atoms with Crippen LogP contribution in [0.3, 0.4) is 0 Å². The van der Waals surface area contributed by atoms with Gasteiger partial charge in [-0.2, -0.15) is 4.31 Å². The van der Waals surface area contributed by atoms with Gasteiger partial charge in [0.05, 0.1) is 0 Å². The minimum Gasteiger partial charge on any atom is -0.360 e. The van der Waals surface area contributed by atoms with E-state index in [0.717, 1.165) is 6.42 Å². The molecule has 20 heavy (non-hydrogen) atoms. The van der Waals surface area contributed by atoms with Gasteiger partial charge in [-0.25, -0.2) is 8.42 Å². The van der Waals surface area contributed by atoms with Gasteiger partial charge < -0.3 is 9.84 Å². The average molecular weight is 303 g/mol. The first-order chi connectivity index (χ1) is 9.30. The highest BCUT2D eigenvalue weighted by Gasteiger charge is 2.28. The van der Waals surface area contributed by atoms with Gasteiger partial charge in [-0.1, -0.05) is 12.1 Å². The number of hydrogen-bond donors (Lipinski definition) is 1. The van der Waals surface area contributed by atoms with Crippen molar-refractivity contribution in [2.75, 3.05) is 20.1 Å². The van der Waals surface area contributed by atoms with Crippen molar-refractivity contribution < 1.29 is 17.7 Å². The molecule has 0 aromatic carbocycles. The number of aryl methyl sites for hydroxylation is 2. The second kappa shape index (κ2) is 6.85. The molecule has 114 valence electrons. The van der Waals surface area contributed by atoms with Crippen molar-refractivity contribution in [3.63, 3.8) is 0 Å². The molecule has 1 amide bonds. The smallest absolute Gasteiger partial charge is 0.248 e. The van der Waals surface area contributed by atoms with Crippen molar-refractivity contribution in [2.24, 2.45) is 0 Å². The summed E-state index contributed by atoms with van der Waals surface area (Å²) in [4.78, 5) is 11.4. The molecule has 1 heterocycles. The van der Waals surface area contributed by atoms with Gasteiger partial charge in [0.15, 0.2) is 5.76 Å². The molecular formula is C12H21N3O4S. The maximum absolute atomic E-state index is 12.3. The zero-order valence-corrected chi connectivity index (χ0v) is 13.1. The van der Waals surface area contributed by atoms with E-state index in [1.54, 1.807) is 13.8 Å². The van der Waals surface area contributed by atoms with E-state index in [0.29, 0.717) is 12.1 Å². The molecule has 0 bridgehead atoms. The van der Waals surface area contributed by atoms with Crippen molar-refractivity contribution in [2.45, 2.75) is 38.5 Å². The van der Waals surface area contributed by atoms with Crippen molar-refractivity contribution >= 4 is 15.9 Å². The van der Waals surface area contributed by atoms with Gasteiger partial charge in [-0.15, -0.1) is 0 Å². The third kappa shape index (κ3) is 3.80. The van der Waals surface area contributed by atoms with Crippen LogP contribution in [0.25, 0.3) is 0 Å². The van der Waals surface area contributed by atoms with E-state index < -0.39 is 10.0 Å². The lowest BCUT2D eigenvalue weighted by molar-refractivity contribution is -0.121. The summed E-state index contributed by atoms with van der Waals surface area (Å²) in [5, 5.41) is 6.32. The lowest BCUT2D eigenvalue weighted by Gasteiger charge is -2.17. The second-order valence-electron chi connectivity index (χ2n) is 4.58. The highest BCUT2D eigenvalue weighted by atomic mass is 32.2. The van der Waals surface area contributed by atoms with Crippen LogP contribution in [0.5, 0.6) is 0 Å². The predicted octanol–water partition coefficient (Wildman–Crippen LogP) is 0.828. The van der Waals surface area contributed by atoms with Gasteiger partial charge in [0.2, 0.25) is 15.9 Å². The highest BCUT2D eigenvalue weighted by molar-refractivity contribution is 7.89. The Morgan fingerprint density at radius 1 is 1.40 bits per heavy atom. The normalized spacial score (nSPS) is 11.8. The Kier molecular flexibility index (Phi) is 5.70. The summed E-state index contributed by atoms with van der Waals surface area (Å²) in [6.45, 7) is 5.53. The largest absolute Gasteiger partial charge is 0.360 e. The van der Waals surface area contributed by atoms with Crippen LogP contribution in [0, 0.1) is 13.8 Å². The number of sulfonamides is 1. The standard InChI is InChI=1S/C12H21N3O4S/c1-5-6-11(16)13-7-8-15(4)20(17,18)12-9(2)14-19-10(12)3/h5-8H2,1-4H3,(H,13,16). The minimum absolute atomic E-state index is 0.0735. The lowest BCUT2D eigenvalue weighted by atomic mass is 10.3. The van der Waals surface area contributed by atoms with Crippen LogP contribution in [0.15, 0.2) is 9.42 Å². The zero-order valence-electron chi connectivity index (χ0n) is 12.3. The Bertz CT molecular complexity index is 546. The molecule has 1 N–H and O–H groups in total. The second-order valence-corrected chi connectivity index (χ2v) is 6.56.